The number of nitrogens with two attached hydrogens (primary N) is 1. The van der Waals surface area contributed by atoms with E-state index in [1.165, 1.54) is 16.5 Å². The van der Waals surface area contributed by atoms with Crippen molar-refractivity contribution in [1.82, 2.24) is 4.98 Å². The predicted molar refractivity (Wildman–Crippen MR) is 83.6 cm³/mol. The number of rotatable bonds is 4. The third-order valence-electron chi connectivity index (χ3n) is 3.56. The van der Waals surface area contributed by atoms with Crippen LogP contribution in [-0.2, 0) is 12.8 Å². The van der Waals surface area contributed by atoms with Crippen LogP contribution >= 0.6 is 0 Å². The van der Waals surface area contributed by atoms with Gasteiger partial charge < -0.3 is 5.73 Å². The lowest BCUT2D eigenvalue weighted by atomic mass is 9.97. The van der Waals surface area contributed by atoms with Gasteiger partial charge >= 0.3 is 0 Å². The van der Waals surface area contributed by atoms with Gasteiger partial charge in [0.2, 0.25) is 0 Å². The largest absolute Gasteiger partial charge is 0.327 e. The van der Waals surface area contributed by atoms with E-state index >= 15 is 0 Å². The van der Waals surface area contributed by atoms with Crippen LogP contribution < -0.4 is 5.73 Å². The van der Waals surface area contributed by atoms with E-state index in [-0.39, 0.29) is 6.04 Å². The molecule has 2 aromatic carbocycles. The number of hydrogen-bond acceptors (Lipinski definition) is 2. The van der Waals surface area contributed by atoms with Gasteiger partial charge in [-0.05, 0) is 36.1 Å². The van der Waals surface area contributed by atoms with Gasteiger partial charge in [0.05, 0.1) is 5.52 Å². The molecule has 0 fully saturated rings. The minimum atomic E-state index is 0.128. The maximum atomic E-state index is 6.31. The summed E-state index contributed by atoms with van der Waals surface area (Å²) in [7, 11) is 0. The van der Waals surface area contributed by atoms with E-state index in [4.69, 9.17) is 5.73 Å². The van der Waals surface area contributed by atoms with Gasteiger partial charge in [-0.2, -0.15) is 0 Å². The van der Waals surface area contributed by atoms with Crippen LogP contribution in [0.4, 0.5) is 0 Å². The van der Waals surface area contributed by atoms with E-state index in [9.17, 15) is 0 Å². The Morgan fingerprint density at radius 3 is 2.45 bits per heavy atom. The molecule has 1 atom stereocenters. The highest BCUT2D eigenvalue weighted by Gasteiger charge is 2.08. The van der Waals surface area contributed by atoms with Crippen LogP contribution in [0.15, 0.2) is 66.9 Å². The van der Waals surface area contributed by atoms with Gasteiger partial charge in [0.1, 0.15) is 0 Å². The molecule has 0 amide bonds. The minimum absolute atomic E-state index is 0.128. The summed E-state index contributed by atoms with van der Waals surface area (Å²) < 4.78 is 0. The number of aromatic nitrogens is 1. The molecule has 0 bridgehead atoms. The second kappa shape index (κ2) is 5.85. The molecule has 0 aliphatic heterocycles. The molecule has 2 heteroatoms. The molecule has 2 N–H and O–H groups in total. The van der Waals surface area contributed by atoms with Gasteiger partial charge in [-0.1, -0.05) is 48.5 Å². The summed E-state index contributed by atoms with van der Waals surface area (Å²) in [4.78, 5) is 4.39. The highest BCUT2D eigenvalue weighted by atomic mass is 14.7. The Morgan fingerprint density at radius 1 is 0.850 bits per heavy atom. The molecule has 0 aliphatic rings. The van der Waals surface area contributed by atoms with Crippen LogP contribution in [0.2, 0.25) is 0 Å². The molecule has 3 aromatic rings. The molecule has 100 valence electrons. The summed E-state index contributed by atoms with van der Waals surface area (Å²) in [5, 5.41) is 1.21. The van der Waals surface area contributed by atoms with E-state index < -0.39 is 0 Å². The summed E-state index contributed by atoms with van der Waals surface area (Å²) in [6, 6.07) is 20.8. The van der Waals surface area contributed by atoms with Gasteiger partial charge in [-0.25, -0.2) is 0 Å². The summed E-state index contributed by atoms with van der Waals surface area (Å²) in [6.07, 6.45) is 3.64. The van der Waals surface area contributed by atoms with Crippen molar-refractivity contribution in [1.29, 1.82) is 0 Å². The zero-order valence-electron chi connectivity index (χ0n) is 11.4. The van der Waals surface area contributed by atoms with Crippen LogP contribution in [0, 0.1) is 0 Å². The molecular weight excluding hydrogens is 244 g/mol. The van der Waals surface area contributed by atoms with Crippen molar-refractivity contribution >= 4 is 10.9 Å². The first-order chi connectivity index (χ1) is 9.83. The molecule has 0 radical (unpaired) electrons. The Balaban J connectivity index is 1.79. The van der Waals surface area contributed by atoms with Gasteiger partial charge in [0.25, 0.3) is 0 Å². The van der Waals surface area contributed by atoms with Gasteiger partial charge in [-0.15, -0.1) is 0 Å². The zero-order chi connectivity index (χ0) is 13.8. The Kier molecular flexibility index (Phi) is 3.75. The smallest absolute Gasteiger partial charge is 0.0704 e. The summed E-state index contributed by atoms with van der Waals surface area (Å²) >= 11 is 0. The highest BCUT2D eigenvalue weighted by Crippen LogP contribution is 2.18. The molecule has 1 aromatic heterocycles. The average Bonchev–Trinajstić information content (AvgIpc) is 2.48. The molecule has 0 saturated heterocycles. The molecule has 1 unspecified atom stereocenters. The first kappa shape index (κ1) is 12.8. The predicted octanol–water partition coefficient (Wildman–Crippen LogP) is 3.35. The van der Waals surface area contributed by atoms with Crippen molar-refractivity contribution in [3.05, 3.63) is 78.0 Å². The second-order valence-corrected chi connectivity index (χ2v) is 5.14. The number of pyridine rings is 1. The lowest BCUT2D eigenvalue weighted by Gasteiger charge is -2.13. The quantitative estimate of drug-likeness (QED) is 0.783. The summed E-state index contributed by atoms with van der Waals surface area (Å²) in [5.41, 5.74) is 9.91. The standard InChI is InChI=1S/C18H18N2/c19-16(12-14-6-2-1-3-7-14)13-15-10-11-20-18-9-5-4-8-17(15)18/h1-11,16H,12-13,19H2. The number of fused-ring (bicyclic) bond motifs is 1. The summed E-state index contributed by atoms with van der Waals surface area (Å²) in [6.45, 7) is 0. The number of para-hydroxylation sites is 1. The third kappa shape index (κ3) is 2.86. The Bertz CT molecular complexity index is 687. The summed E-state index contributed by atoms with van der Waals surface area (Å²) in [5.74, 6) is 0. The fourth-order valence-electron chi connectivity index (χ4n) is 2.60. The van der Waals surface area contributed by atoms with E-state index in [2.05, 4.69) is 47.4 Å². The third-order valence-corrected chi connectivity index (χ3v) is 3.56. The first-order valence-electron chi connectivity index (χ1n) is 6.95. The molecule has 1 heterocycles. The second-order valence-electron chi connectivity index (χ2n) is 5.14. The van der Waals surface area contributed by atoms with Crippen molar-refractivity contribution in [3.63, 3.8) is 0 Å². The maximum absolute atomic E-state index is 6.31. The van der Waals surface area contributed by atoms with E-state index in [1.807, 2.05) is 24.4 Å². The van der Waals surface area contributed by atoms with Crippen LogP contribution in [0.5, 0.6) is 0 Å². The van der Waals surface area contributed by atoms with Crippen molar-refractivity contribution < 1.29 is 0 Å². The number of hydrogen-bond donors (Lipinski definition) is 1. The highest BCUT2D eigenvalue weighted by molar-refractivity contribution is 5.81. The SMILES string of the molecule is NC(Cc1ccccc1)Cc1ccnc2ccccc12. The Labute approximate surface area is 119 Å². The normalized spacial score (nSPS) is 12.4. The van der Waals surface area contributed by atoms with Gasteiger partial charge in [0, 0.05) is 17.6 Å². The Hall–Kier alpha value is -2.19. The monoisotopic (exact) mass is 262 g/mol. The Morgan fingerprint density at radius 2 is 1.60 bits per heavy atom. The van der Waals surface area contributed by atoms with Crippen molar-refractivity contribution in [2.24, 2.45) is 5.73 Å². The molecule has 0 spiro atoms. The van der Waals surface area contributed by atoms with E-state index in [1.54, 1.807) is 0 Å². The minimum Gasteiger partial charge on any atom is -0.327 e. The van der Waals surface area contributed by atoms with Gasteiger partial charge in [-0.3, -0.25) is 4.98 Å². The van der Waals surface area contributed by atoms with Gasteiger partial charge in [0.15, 0.2) is 0 Å². The van der Waals surface area contributed by atoms with E-state index in [0.29, 0.717) is 0 Å². The molecule has 20 heavy (non-hydrogen) atoms. The van der Waals surface area contributed by atoms with Crippen LogP contribution in [0.1, 0.15) is 11.1 Å². The zero-order valence-corrected chi connectivity index (χ0v) is 11.4. The molecular formula is C18H18N2. The van der Waals surface area contributed by atoms with Crippen molar-refractivity contribution in [3.8, 4) is 0 Å². The van der Waals surface area contributed by atoms with Crippen LogP contribution in [0.3, 0.4) is 0 Å². The molecule has 0 saturated carbocycles. The molecule has 3 rings (SSSR count). The van der Waals surface area contributed by atoms with Crippen molar-refractivity contribution in [2.75, 3.05) is 0 Å². The molecule has 2 nitrogen and oxygen atoms in total. The fourth-order valence-corrected chi connectivity index (χ4v) is 2.60. The maximum Gasteiger partial charge on any atom is 0.0704 e. The fraction of sp³-hybridized carbons (Fsp3) is 0.167. The van der Waals surface area contributed by atoms with Crippen LogP contribution in [0.25, 0.3) is 10.9 Å². The lowest BCUT2D eigenvalue weighted by Crippen LogP contribution is -2.25. The number of nitrogens with zero attached hydrogens (tertiary/aromatic N) is 1. The van der Waals surface area contributed by atoms with Crippen LogP contribution in [-0.4, -0.2) is 11.0 Å². The van der Waals surface area contributed by atoms with Crippen molar-refractivity contribution in [2.45, 2.75) is 18.9 Å². The average molecular weight is 262 g/mol. The lowest BCUT2D eigenvalue weighted by molar-refractivity contribution is 0.667. The van der Waals surface area contributed by atoms with E-state index in [0.717, 1.165) is 18.4 Å². The topological polar surface area (TPSA) is 38.9 Å². The number of benzene rings is 2. The molecule has 0 aliphatic carbocycles. The first-order valence-corrected chi connectivity index (χ1v) is 6.95.